The quantitative estimate of drug-likeness (QED) is 0.414. The summed E-state index contributed by atoms with van der Waals surface area (Å²) in [6, 6.07) is 18.0. The summed E-state index contributed by atoms with van der Waals surface area (Å²) in [5, 5.41) is 7.57. The number of hydrogen-bond donors (Lipinski definition) is 1. The average molecular weight is 504 g/mol. The second-order valence-corrected chi connectivity index (χ2v) is 8.30. The van der Waals surface area contributed by atoms with Crippen molar-refractivity contribution in [3.63, 3.8) is 0 Å². The summed E-state index contributed by atoms with van der Waals surface area (Å²) in [4.78, 5) is 23.8. The number of para-hydroxylation sites is 1. The predicted octanol–water partition coefficient (Wildman–Crippen LogP) is 4.97. The molecule has 4 aromatic rings. The summed E-state index contributed by atoms with van der Waals surface area (Å²) in [6.07, 6.45) is 1.73. The van der Waals surface area contributed by atoms with Gasteiger partial charge in [0.05, 0.1) is 48.3 Å². The van der Waals surface area contributed by atoms with Crippen LogP contribution in [-0.2, 0) is 4.74 Å². The Morgan fingerprint density at radius 1 is 1.05 bits per heavy atom. The highest BCUT2D eigenvalue weighted by Gasteiger charge is 2.22. The highest BCUT2D eigenvalue weighted by Crippen LogP contribution is 2.30. The van der Waals surface area contributed by atoms with Crippen LogP contribution in [0.15, 0.2) is 66.9 Å². The van der Waals surface area contributed by atoms with Gasteiger partial charge >= 0.3 is 0 Å². The highest BCUT2D eigenvalue weighted by molar-refractivity contribution is 5.97. The van der Waals surface area contributed by atoms with Gasteiger partial charge in [-0.25, -0.2) is 9.37 Å². The maximum atomic E-state index is 15.1. The van der Waals surface area contributed by atoms with E-state index in [4.69, 9.17) is 19.6 Å². The van der Waals surface area contributed by atoms with Gasteiger partial charge in [0.25, 0.3) is 5.91 Å². The van der Waals surface area contributed by atoms with Crippen molar-refractivity contribution in [3.05, 3.63) is 78.2 Å². The zero-order chi connectivity index (χ0) is 26.2. The fourth-order valence-corrected chi connectivity index (χ4v) is 4.09. The SMILES string of the molecule is CCO.CCOc1ccc(-c2cnc3cccc(-c4ccc(C(=O)N5CCOCC5)c(F)c4)c3n2)cc1. The zero-order valence-electron chi connectivity index (χ0n) is 21.0. The van der Waals surface area contributed by atoms with E-state index in [1.165, 1.54) is 6.07 Å². The zero-order valence-corrected chi connectivity index (χ0v) is 21.0. The Bertz CT molecular complexity index is 1360. The second kappa shape index (κ2) is 12.4. The summed E-state index contributed by atoms with van der Waals surface area (Å²) in [5.74, 6) is -0.0765. The van der Waals surface area contributed by atoms with Crippen molar-refractivity contribution in [1.82, 2.24) is 14.9 Å². The van der Waals surface area contributed by atoms with Crippen LogP contribution in [0, 0.1) is 5.82 Å². The molecule has 0 spiro atoms. The first-order chi connectivity index (χ1) is 18.0. The van der Waals surface area contributed by atoms with Crippen molar-refractivity contribution < 1.29 is 23.8 Å². The highest BCUT2D eigenvalue weighted by atomic mass is 19.1. The summed E-state index contributed by atoms with van der Waals surface area (Å²) in [6.45, 7) is 6.35. The van der Waals surface area contributed by atoms with Gasteiger partial charge in [0, 0.05) is 30.8 Å². The van der Waals surface area contributed by atoms with Crippen LogP contribution in [0.25, 0.3) is 33.4 Å². The van der Waals surface area contributed by atoms with Gasteiger partial charge in [0.1, 0.15) is 11.6 Å². The summed E-state index contributed by atoms with van der Waals surface area (Å²) < 4.78 is 25.9. The smallest absolute Gasteiger partial charge is 0.256 e. The topological polar surface area (TPSA) is 84.8 Å². The van der Waals surface area contributed by atoms with Crippen LogP contribution in [0.1, 0.15) is 24.2 Å². The molecule has 37 heavy (non-hydrogen) atoms. The van der Waals surface area contributed by atoms with E-state index in [0.717, 1.165) is 16.9 Å². The molecule has 7 nitrogen and oxygen atoms in total. The minimum absolute atomic E-state index is 0.0621. The van der Waals surface area contributed by atoms with Crippen molar-refractivity contribution in [1.29, 1.82) is 0 Å². The van der Waals surface area contributed by atoms with Gasteiger partial charge in [-0.2, -0.15) is 0 Å². The first-order valence-corrected chi connectivity index (χ1v) is 12.3. The van der Waals surface area contributed by atoms with Gasteiger partial charge in [-0.1, -0.05) is 18.2 Å². The second-order valence-electron chi connectivity index (χ2n) is 8.30. The molecule has 1 amide bonds. The maximum absolute atomic E-state index is 15.1. The predicted molar refractivity (Wildman–Crippen MR) is 141 cm³/mol. The molecule has 0 radical (unpaired) electrons. The molecular formula is C29H30FN3O4. The lowest BCUT2D eigenvalue weighted by molar-refractivity contribution is 0.0300. The number of morpholine rings is 1. The van der Waals surface area contributed by atoms with Crippen LogP contribution < -0.4 is 4.74 Å². The number of hydrogen-bond acceptors (Lipinski definition) is 6. The molecular weight excluding hydrogens is 473 g/mol. The Balaban J connectivity index is 0.00000102. The van der Waals surface area contributed by atoms with Gasteiger partial charge in [-0.3, -0.25) is 9.78 Å². The third-order valence-corrected chi connectivity index (χ3v) is 5.84. The largest absolute Gasteiger partial charge is 0.494 e. The third kappa shape index (κ3) is 6.10. The molecule has 0 bridgehead atoms. The van der Waals surface area contributed by atoms with Gasteiger partial charge < -0.3 is 19.5 Å². The molecule has 1 N–H and O–H groups in total. The average Bonchev–Trinajstić information content (AvgIpc) is 2.93. The minimum Gasteiger partial charge on any atom is -0.494 e. The molecule has 0 saturated carbocycles. The van der Waals surface area contributed by atoms with Crippen LogP contribution >= 0.6 is 0 Å². The molecule has 5 rings (SSSR count). The van der Waals surface area contributed by atoms with E-state index in [1.54, 1.807) is 30.2 Å². The lowest BCUT2D eigenvalue weighted by Crippen LogP contribution is -2.41. The standard InChI is InChI=1S/C27H24FN3O3.C2H6O/c1-2-34-20-9-6-18(7-10-20)25-17-29-24-5-3-4-21(26(24)30-25)19-8-11-22(23(28)16-19)27(32)31-12-14-33-15-13-31;1-2-3/h3-11,16-17H,2,12-15H2,1H3;3H,2H2,1H3. The lowest BCUT2D eigenvalue weighted by atomic mass is 10.0. The summed E-state index contributed by atoms with van der Waals surface area (Å²) in [5.41, 5.74) is 4.45. The number of aliphatic hydroxyl groups excluding tert-OH is 1. The van der Waals surface area contributed by atoms with E-state index in [1.807, 2.05) is 49.4 Å². The van der Waals surface area contributed by atoms with Gasteiger partial charge in [-0.15, -0.1) is 0 Å². The number of fused-ring (bicyclic) bond motifs is 1. The molecule has 192 valence electrons. The molecule has 3 aromatic carbocycles. The molecule has 1 aromatic heterocycles. The van der Waals surface area contributed by atoms with E-state index in [2.05, 4.69) is 4.98 Å². The molecule has 2 heterocycles. The molecule has 1 aliphatic heterocycles. The fraction of sp³-hybridized carbons (Fsp3) is 0.276. The Morgan fingerprint density at radius 3 is 2.43 bits per heavy atom. The number of halogens is 1. The van der Waals surface area contributed by atoms with E-state index >= 15 is 4.39 Å². The molecule has 1 aliphatic rings. The Hall–Kier alpha value is -3.88. The number of nitrogens with zero attached hydrogens (tertiary/aromatic N) is 3. The van der Waals surface area contributed by atoms with Crippen LogP contribution in [0.3, 0.4) is 0 Å². The van der Waals surface area contributed by atoms with E-state index in [9.17, 15) is 4.79 Å². The fourth-order valence-electron chi connectivity index (χ4n) is 4.09. The van der Waals surface area contributed by atoms with E-state index in [-0.39, 0.29) is 18.1 Å². The molecule has 8 heteroatoms. The van der Waals surface area contributed by atoms with Crippen molar-refractivity contribution in [2.24, 2.45) is 0 Å². The van der Waals surface area contributed by atoms with E-state index < -0.39 is 5.82 Å². The monoisotopic (exact) mass is 503 g/mol. The Morgan fingerprint density at radius 2 is 1.76 bits per heavy atom. The third-order valence-electron chi connectivity index (χ3n) is 5.84. The Labute approximate surface area is 215 Å². The van der Waals surface area contributed by atoms with Crippen LogP contribution in [0.2, 0.25) is 0 Å². The first-order valence-electron chi connectivity index (χ1n) is 12.3. The van der Waals surface area contributed by atoms with Crippen molar-refractivity contribution in [2.75, 3.05) is 39.5 Å². The van der Waals surface area contributed by atoms with E-state index in [0.29, 0.717) is 55.2 Å². The van der Waals surface area contributed by atoms with Gasteiger partial charge in [-0.05, 0) is 61.9 Å². The van der Waals surface area contributed by atoms with Crippen LogP contribution in [0.5, 0.6) is 5.75 Å². The maximum Gasteiger partial charge on any atom is 0.256 e. The number of benzene rings is 3. The summed E-state index contributed by atoms with van der Waals surface area (Å²) >= 11 is 0. The van der Waals surface area contributed by atoms with Gasteiger partial charge in [0.2, 0.25) is 0 Å². The number of carbonyl (C=O) groups is 1. The van der Waals surface area contributed by atoms with Crippen molar-refractivity contribution in [2.45, 2.75) is 13.8 Å². The van der Waals surface area contributed by atoms with Crippen LogP contribution in [-0.4, -0.2) is 65.4 Å². The lowest BCUT2D eigenvalue weighted by Gasteiger charge is -2.27. The first kappa shape index (κ1) is 26.2. The molecule has 1 saturated heterocycles. The van der Waals surface area contributed by atoms with Crippen LogP contribution in [0.4, 0.5) is 4.39 Å². The Kier molecular flexibility index (Phi) is 8.77. The number of rotatable bonds is 5. The molecule has 0 unspecified atom stereocenters. The summed E-state index contributed by atoms with van der Waals surface area (Å²) in [7, 11) is 0. The number of aliphatic hydroxyl groups is 1. The van der Waals surface area contributed by atoms with Crippen molar-refractivity contribution >= 4 is 16.9 Å². The number of ether oxygens (including phenoxy) is 2. The van der Waals surface area contributed by atoms with Gasteiger partial charge in [0.15, 0.2) is 0 Å². The molecule has 0 atom stereocenters. The number of aromatic nitrogens is 2. The molecule has 1 fully saturated rings. The normalized spacial score (nSPS) is 13.1. The molecule has 0 aliphatic carbocycles. The number of carbonyl (C=O) groups excluding carboxylic acids is 1. The number of amides is 1. The minimum atomic E-state index is -0.554. The van der Waals surface area contributed by atoms with Crippen molar-refractivity contribution in [3.8, 4) is 28.1 Å².